The molecule has 1 heteroatoms. The molecule has 4 aliphatic carbocycles. The highest BCUT2D eigenvalue weighted by atomic mass is 16.3. The van der Waals surface area contributed by atoms with Crippen LogP contribution in [0.4, 0.5) is 0 Å². The van der Waals surface area contributed by atoms with Crippen molar-refractivity contribution in [1.29, 1.82) is 0 Å². The maximum absolute atomic E-state index is 10.2. The van der Waals surface area contributed by atoms with Crippen molar-refractivity contribution in [1.82, 2.24) is 0 Å². The number of fused-ring (bicyclic) bond motifs is 5. The van der Waals surface area contributed by atoms with E-state index in [0.29, 0.717) is 22.7 Å². The Bertz CT molecular complexity index is 659. The Kier molecular flexibility index (Phi) is 5.86. The van der Waals surface area contributed by atoms with Gasteiger partial charge in [0, 0.05) is 0 Å². The molecule has 0 aromatic heterocycles. The second-order valence-electron chi connectivity index (χ2n) is 12.2. The molecule has 164 valence electrons. The van der Waals surface area contributed by atoms with Crippen molar-refractivity contribution in [3.8, 4) is 0 Å². The number of hydrogen-bond donors (Lipinski definition) is 1. The molecule has 4 aliphatic rings. The van der Waals surface area contributed by atoms with E-state index < -0.39 is 0 Å². The molecule has 0 aromatic rings. The van der Waals surface area contributed by atoms with Crippen molar-refractivity contribution in [2.75, 3.05) is 0 Å². The van der Waals surface area contributed by atoms with Crippen molar-refractivity contribution < 1.29 is 5.11 Å². The van der Waals surface area contributed by atoms with Crippen LogP contribution in [0.2, 0.25) is 0 Å². The summed E-state index contributed by atoms with van der Waals surface area (Å²) in [4.78, 5) is 0. The Balaban J connectivity index is 1.54. The first-order valence-corrected chi connectivity index (χ1v) is 12.7. The maximum Gasteiger partial charge on any atom is 0.0577 e. The zero-order chi connectivity index (χ0) is 21.0. The molecule has 29 heavy (non-hydrogen) atoms. The van der Waals surface area contributed by atoms with Crippen molar-refractivity contribution in [2.24, 2.45) is 52.3 Å². The van der Waals surface area contributed by atoms with E-state index in [0.717, 1.165) is 42.4 Å². The fraction of sp³-hybridized carbons (Fsp3) is 0.857. The average Bonchev–Trinajstić information content (AvgIpc) is 3.03. The minimum atomic E-state index is -0.0863. The van der Waals surface area contributed by atoms with Gasteiger partial charge in [-0.15, -0.1) is 0 Å². The smallest absolute Gasteiger partial charge is 0.0577 e. The van der Waals surface area contributed by atoms with Crippen molar-refractivity contribution in [2.45, 2.75) is 99.0 Å². The van der Waals surface area contributed by atoms with Crippen LogP contribution in [-0.4, -0.2) is 11.2 Å². The predicted octanol–water partition coefficient (Wildman–Crippen LogP) is 7.41. The number of rotatable bonds is 4. The Labute approximate surface area is 180 Å². The number of aliphatic hydroxyl groups excluding tert-OH is 1. The van der Waals surface area contributed by atoms with Gasteiger partial charge in [-0.25, -0.2) is 0 Å². The molecule has 0 spiro atoms. The number of allylic oxidation sites excluding steroid dienone is 3. The highest BCUT2D eigenvalue weighted by molar-refractivity contribution is 5.25. The van der Waals surface area contributed by atoms with Crippen LogP contribution in [0.25, 0.3) is 0 Å². The van der Waals surface area contributed by atoms with E-state index in [2.05, 4.69) is 59.8 Å². The van der Waals surface area contributed by atoms with E-state index in [1.54, 1.807) is 5.57 Å². The minimum absolute atomic E-state index is 0.0863. The monoisotopic (exact) mass is 398 g/mol. The zero-order valence-corrected chi connectivity index (χ0v) is 20.0. The van der Waals surface area contributed by atoms with Crippen LogP contribution >= 0.6 is 0 Å². The molecule has 3 saturated carbocycles. The molecule has 0 heterocycles. The fourth-order valence-electron chi connectivity index (χ4n) is 8.49. The third-order valence-corrected chi connectivity index (χ3v) is 10.4. The number of aliphatic hydroxyl groups is 1. The van der Waals surface area contributed by atoms with Gasteiger partial charge in [-0.1, -0.05) is 65.3 Å². The maximum atomic E-state index is 10.2. The summed E-state index contributed by atoms with van der Waals surface area (Å²) in [6.07, 6.45) is 17.6. The summed E-state index contributed by atoms with van der Waals surface area (Å²) in [6, 6.07) is 0. The van der Waals surface area contributed by atoms with Gasteiger partial charge in [-0.2, -0.15) is 0 Å². The molecule has 3 fully saturated rings. The van der Waals surface area contributed by atoms with Gasteiger partial charge in [-0.05, 0) is 104 Å². The van der Waals surface area contributed by atoms with Crippen LogP contribution < -0.4 is 0 Å². The minimum Gasteiger partial charge on any atom is -0.393 e. The van der Waals surface area contributed by atoms with Gasteiger partial charge in [0.1, 0.15) is 0 Å². The van der Waals surface area contributed by atoms with Crippen LogP contribution in [-0.2, 0) is 0 Å². The van der Waals surface area contributed by atoms with Gasteiger partial charge >= 0.3 is 0 Å². The molecular formula is C28H46O. The van der Waals surface area contributed by atoms with E-state index in [1.165, 1.54) is 38.5 Å². The Hall–Kier alpha value is -0.560. The van der Waals surface area contributed by atoms with E-state index in [-0.39, 0.29) is 6.10 Å². The first-order valence-electron chi connectivity index (χ1n) is 12.7. The molecule has 0 aromatic carbocycles. The molecule has 0 aliphatic heterocycles. The van der Waals surface area contributed by atoms with Crippen LogP contribution in [0.1, 0.15) is 92.9 Å². The third kappa shape index (κ3) is 3.58. The largest absolute Gasteiger partial charge is 0.393 e. The summed E-state index contributed by atoms with van der Waals surface area (Å²) in [5.41, 5.74) is 2.52. The Morgan fingerprint density at radius 1 is 0.966 bits per heavy atom. The quantitative estimate of drug-likeness (QED) is 0.489. The highest BCUT2D eigenvalue weighted by Gasteiger charge is 2.59. The molecule has 1 nitrogen and oxygen atoms in total. The molecule has 4 rings (SSSR count). The lowest BCUT2D eigenvalue weighted by Crippen LogP contribution is -2.51. The summed E-state index contributed by atoms with van der Waals surface area (Å²) >= 11 is 0. The second kappa shape index (κ2) is 7.85. The molecule has 0 saturated heterocycles. The summed E-state index contributed by atoms with van der Waals surface area (Å²) in [7, 11) is 0. The van der Waals surface area contributed by atoms with Crippen molar-refractivity contribution >= 4 is 0 Å². The van der Waals surface area contributed by atoms with Gasteiger partial charge in [0.25, 0.3) is 0 Å². The average molecular weight is 399 g/mol. The van der Waals surface area contributed by atoms with Gasteiger partial charge < -0.3 is 5.11 Å². The summed E-state index contributed by atoms with van der Waals surface area (Å²) in [5, 5.41) is 10.2. The van der Waals surface area contributed by atoms with E-state index >= 15 is 0 Å². The standard InChI is InChI=1S/C28H46O/c1-18(2)7-8-19(3)20(4)24-11-12-25-23-10-9-21-17-22(29)13-15-27(21,5)26(23)14-16-28(24,25)6/h7-9,18-20,22-26,29H,10-17H2,1-6H3/b8-7+/t19?,20-,22+,23?,24-,25?,26?,27+,28-/m1/s1. The summed E-state index contributed by atoms with van der Waals surface area (Å²) in [5.74, 6) is 5.67. The lowest BCUT2D eigenvalue weighted by Gasteiger charge is -2.58. The molecular weight excluding hydrogens is 352 g/mol. The van der Waals surface area contributed by atoms with E-state index in [9.17, 15) is 5.11 Å². The van der Waals surface area contributed by atoms with Gasteiger partial charge in [0.15, 0.2) is 0 Å². The van der Waals surface area contributed by atoms with Crippen molar-refractivity contribution in [3.63, 3.8) is 0 Å². The van der Waals surface area contributed by atoms with E-state index in [4.69, 9.17) is 0 Å². The van der Waals surface area contributed by atoms with Gasteiger partial charge in [0.2, 0.25) is 0 Å². The molecule has 0 bridgehead atoms. The SMILES string of the molecule is CC(C)/C=C/C(C)[C@@H](C)[C@H]1CCC2C3CC=C4C[C@@H](O)CC[C@]4(C)C3CC[C@@]21C. The summed E-state index contributed by atoms with van der Waals surface area (Å²) < 4.78 is 0. The van der Waals surface area contributed by atoms with Crippen LogP contribution in [0.5, 0.6) is 0 Å². The Morgan fingerprint density at radius 2 is 1.72 bits per heavy atom. The topological polar surface area (TPSA) is 20.2 Å². The first-order chi connectivity index (χ1) is 13.7. The predicted molar refractivity (Wildman–Crippen MR) is 124 cm³/mol. The molecule has 4 unspecified atom stereocenters. The van der Waals surface area contributed by atoms with Gasteiger partial charge in [-0.3, -0.25) is 0 Å². The third-order valence-electron chi connectivity index (χ3n) is 10.4. The lowest BCUT2D eigenvalue weighted by molar-refractivity contribution is -0.0588. The molecule has 1 N–H and O–H groups in total. The molecule has 0 radical (unpaired) electrons. The second-order valence-corrected chi connectivity index (χ2v) is 12.2. The summed E-state index contributed by atoms with van der Waals surface area (Å²) in [6.45, 7) is 14.8. The van der Waals surface area contributed by atoms with Crippen molar-refractivity contribution in [3.05, 3.63) is 23.8 Å². The fourth-order valence-corrected chi connectivity index (χ4v) is 8.49. The first kappa shape index (κ1) is 21.7. The lowest BCUT2D eigenvalue weighted by atomic mass is 9.47. The van der Waals surface area contributed by atoms with Crippen LogP contribution in [0.3, 0.4) is 0 Å². The number of hydrogen-bond acceptors (Lipinski definition) is 1. The highest BCUT2D eigenvalue weighted by Crippen LogP contribution is 2.67. The zero-order valence-electron chi connectivity index (χ0n) is 20.0. The van der Waals surface area contributed by atoms with Gasteiger partial charge in [0.05, 0.1) is 6.10 Å². The normalized spacial score (nSPS) is 46.8. The van der Waals surface area contributed by atoms with Crippen LogP contribution in [0.15, 0.2) is 23.8 Å². The van der Waals surface area contributed by atoms with Crippen LogP contribution in [0, 0.1) is 52.3 Å². The molecule has 9 atom stereocenters. The Morgan fingerprint density at radius 3 is 2.45 bits per heavy atom. The van der Waals surface area contributed by atoms with E-state index in [1.807, 2.05) is 0 Å². The molecule has 0 amide bonds.